The zero-order valence-electron chi connectivity index (χ0n) is 22.2. The van der Waals surface area contributed by atoms with Gasteiger partial charge in [-0.25, -0.2) is 16.8 Å². The van der Waals surface area contributed by atoms with Crippen molar-refractivity contribution in [2.24, 2.45) is 23.2 Å². The van der Waals surface area contributed by atoms with E-state index in [1.165, 1.54) is 25.3 Å². The molecule has 38 heavy (non-hydrogen) atoms. The molecule has 4 rings (SSSR count). The molecule has 0 spiro atoms. The molecule has 1 heterocycles. The van der Waals surface area contributed by atoms with E-state index in [0.717, 1.165) is 18.1 Å². The molecule has 1 aromatic rings. The van der Waals surface area contributed by atoms with Crippen LogP contribution < -0.4 is 10.0 Å². The van der Waals surface area contributed by atoms with E-state index < -0.39 is 25.8 Å². The minimum absolute atomic E-state index is 0.0106. The molecule has 4 atom stereocenters. The Kier molecular flexibility index (Phi) is 7.43. The lowest BCUT2D eigenvalue weighted by Crippen LogP contribution is -2.50. The molecule has 1 fully saturated rings. The highest BCUT2D eigenvalue weighted by Gasteiger charge is 2.52. The van der Waals surface area contributed by atoms with Crippen molar-refractivity contribution in [2.45, 2.75) is 51.0 Å². The number of hydrogen-bond donors (Lipinski definition) is 2. The van der Waals surface area contributed by atoms with Crippen LogP contribution in [0, 0.1) is 23.2 Å². The first-order valence-electron chi connectivity index (χ1n) is 12.5. The standard InChI is InChI=1S/C26H35N3O7S2/c1-26(2,3)10-11-29(24-17-7-6-16(12-17)23(24)25(31)36-4)22(30)14-19-15-38(34,35)21-13-18(28-37(5,32)33)8-9-20(21)27-19/h6-9,13,15-17,23-24,27-28H,10-12,14H2,1-5H3. The summed E-state index contributed by atoms with van der Waals surface area (Å²) >= 11 is 0. The summed E-state index contributed by atoms with van der Waals surface area (Å²) in [6, 6.07) is 3.80. The largest absolute Gasteiger partial charge is 0.469 e. The highest BCUT2D eigenvalue weighted by molar-refractivity contribution is 7.94. The molecule has 2 aliphatic carbocycles. The summed E-state index contributed by atoms with van der Waals surface area (Å²) in [5, 5.41) is 4.03. The summed E-state index contributed by atoms with van der Waals surface area (Å²) in [6.07, 6.45) is 6.34. The van der Waals surface area contributed by atoms with E-state index in [-0.39, 0.29) is 63.6 Å². The molecule has 12 heteroatoms. The first kappa shape index (κ1) is 28.2. The number of allylic oxidation sites excluding steroid dienone is 1. The SMILES string of the molecule is COC(=O)C1C2C=CC(C2)C1N(CCC(C)(C)C)C(=O)CC1=CS(=O)(=O)c2cc(NS(C)(=O)=O)ccc2N1. The lowest BCUT2D eigenvalue weighted by atomic mass is 9.86. The van der Waals surface area contributed by atoms with Gasteiger partial charge in [0.2, 0.25) is 25.8 Å². The van der Waals surface area contributed by atoms with E-state index in [9.17, 15) is 26.4 Å². The summed E-state index contributed by atoms with van der Waals surface area (Å²) in [5.74, 6) is -1.03. The van der Waals surface area contributed by atoms with Crippen molar-refractivity contribution in [3.05, 3.63) is 41.5 Å². The predicted octanol–water partition coefficient (Wildman–Crippen LogP) is 3.12. The second kappa shape index (κ2) is 10.0. The number of nitrogens with zero attached hydrogens (tertiary/aromatic N) is 1. The number of methoxy groups -OCH3 is 1. The number of ether oxygens (including phenoxy) is 1. The van der Waals surface area contributed by atoms with E-state index in [1.54, 1.807) is 4.90 Å². The monoisotopic (exact) mass is 565 g/mol. The average Bonchev–Trinajstić information content (AvgIpc) is 3.39. The Morgan fingerprint density at radius 1 is 1.18 bits per heavy atom. The molecule has 1 amide bonds. The van der Waals surface area contributed by atoms with Gasteiger partial charge < -0.3 is 15.0 Å². The number of carbonyl (C=O) groups is 2. The van der Waals surface area contributed by atoms with Crippen molar-refractivity contribution in [2.75, 3.05) is 29.9 Å². The Morgan fingerprint density at radius 2 is 1.87 bits per heavy atom. The number of rotatable bonds is 8. The van der Waals surface area contributed by atoms with E-state index >= 15 is 0 Å². The molecular weight excluding hydrogens is 530 g/mol. The normalized spacial score (nSPS) is 25.2. The van der Waals surface area contributed by atoms with Gasteiger partial charge in [-0.05, 0) is 48.3 Å². The van der Waals surface area contributed by atoms with Crippen LogP contribution in [0.15, 0.2) is 46.4 Å². The molecule has 208 valence electrons. The molecule has 4 unspecified atom stereocenters. The van der Waals surface area contributed by atoms with Crippen molar-refractivity contribution in [1.82, 2.24) is 4.90 Å². The van der Waals surface area contributed by atoms with Crippen LogP contribution in [0.25, 0.3) is 0 Å². The summed E-state index contributed by atoms with van der Waals surface area (Å²) in [5.41, 5.74) is 0.525. The Morgan fingerprint density at radius 3 is 2.50 bits per heavy atom. The van der Waals surface area contributed by atoms with Crippen LogP contribution in [0.3, 0.4) is 0 Å². The number of sulfonamides is 1. The van der Waals surface area contributed by atoms with E-state index in [1.807, 2.05) is 6.08 Å². The zero-order chi connectivity index (χ0) is 28.0. The zero-order valence-corrected chi connectivity index (χ0v) is 23.9. The molecule has 10 nitrogen and oxygen atoms in total. The lowest BCUT2D eigenvalue weighted by molar-refractivity contribution is -0.150. The average molecular weight is 566 g/mol. The maximum Gasteiger partial charge on any atom is 0.311 e. The molecule has 2 N–H and O–H groups in total. The Bertz CT molecular complexity index is 1410. The fourth-order valence-corrected chi connectivity index (χ4v) is 7.43. The molecule has 0 radical (unpaired) electrons. The Hall–Kier alpha value is -2.86. The highest BCUT2D eigenvalue weighted by atomic mass is 32.2. The number of sulfone groups is 1. The maximum absolute atomic E-state index is 13.8. The highest BCUT2D eigenvalue weighted by Crippen LogP contribution is 2.47. The second-order valence-electron chi connectivity index (χ2n) is 11.5. The predicted molar refractivity (Wildman–Crippen MR) is 144 cm³/mol. The quantitative estimate of drug-likeness (QED) is 0.362. The van der Waals surface area contributed by atoms with Gasteiger partial charge in [-0.3, -0.25) is 14.3 Å². The molecule has 0 saturated heterocycles. The number of fused-ring (bicyclic) bond motifs is 3. The smallest absolute Gasteiger partial charge is 0.311 e. The fourth-order valence-electron chi connectivity index (χ4n) is 5.51. The van der Waals surface area contributed by atoms with Crippen molar-refractivity contribution in [1.29, 1.82) is 0 Å². The van der Waals surface area contributed by atoms with Gasteiger partial charge in [-0.1, -0.05) is 32.9 Å². The third-order valence-electron chi connectivity index (χ3n) is 7.20. The van der Waals surface area contributed by atoms with Crippen LogP contribution in [-0.4, -0.2) is 59.6 Å². The van der Waals surface area contributed by atoms with Crippen molar-refractivity contribution >= 4 is 43.1 Å². The lowest BCUT2D eigenvalue weighted by Gasteiger charge is -2.38. The van der Waals surface area contributed by atoms with Gasteiger partial charge in [0, 0.05) is 17.9 Å². The molecular formula is C26H35N3O7S2. The van der Waals surface area contributed by atoms with Gasteiger partial charge in [0.15, 0.2) is 0 Å². The minimum atomic E-state index is -3.95. The number of hydrogen-bond acceptors (Lipinski definition) is 8. The summed E-state index contributed by atoms with van der Waals surface area (Å²) in [4.78, 5) is 28.2. The van der Waals surface area contributed by atoms with Crippen LogP contribution in [0.5, 0.6) is 0 Å². The van der Waals surface area contributed by atoms with E-state index in [2.05, 4.69) is 36.9 Å². The van der Waals surface area contributed by atoms with Crippen LogP contribution in [0.2, 0.25) is 0 Å². The van der Waals surface area contributed by atoms with Crippen molar-refractivity contribution < 1.29 is 31.2 Å². The van der Waals surface area contributed by atoms with Gasteiger partial charge in [-0.15, -0.1) is 0 Å². The first-order chi connectivity index (χ1) is 17.6. The van der Waals surface area contributed by atoms with Gasteiger partial charge in [0.1, 0.15) is 0 Å². The number of amides is 1. The topological polar surface area (TPSA) is 139 Å². The van der Waals surface area contributed by atoms with Gasteiger partial charge in [0.05, 0.1) is 47.7 Å². The van der Waals surface area contributed by atoms with E-state index in [0.29, 0.717) is 13.0 Å². The van der Waals surface area contributed by atoms with Crippen LogP contribution in [0.1, 0.15) is 40.0 Å². The summed E-state index contributed by atoms with van der Waals surface area (Å²) in [6.45, 7) is 6.66. The van der Waals surface area contributed by atoms with E-state index in [4.69, 9.17) is 4.74 Å². The molecule has 3 aliphatic rings. The van der Waals surface area contributed by atoms with Gasteiger partial charge in [0.25, 0.3) is 0 Å². The third kappa shape index (κ3) is 6.06. The molecule has 2 bridgehead atoms. The summed E-state index contributed by atoms with van der Waals surface area (Å²) in [7, 11) is -6.18. The number of esters is 1. The van der Waals surface area contributed by atoms with Crippen LogP contribution >= 0.6 is 0 Å². The van der Waals surface area contributed by atoms with Crippen LogP contribution in [0.4, 0.5) is 11.4 Å². The first-order valence-corrected chi connectivity index (χ1v) is 15.9. The minimum Gasteiger partial charge on any atom is -0.469 e. The number of carbonyl (C=O) groups excluding carboxylic acids is 2. The number of anilines is 2. The van der Waals surface area contributed by atoms with Gasteiger partial charge >= 0.3 is 5.97 Å². The third-order valence-corrected chi connectivity index (χ3v) is 9.35. The Labute approximate surface area is 224 Å². The fraction of sp³-hybridized carbons (Fsp3) is 0.538. The molecule has 1 aliphatic heterocycles. The second-order valence-corrected chi connectivity index (χ2v) is 15.0. The molecule has 1 aromatic carbocycles. The number of nitrogens with one attached hydrogen (secondary N) is 2. The van der Waals surface area contributed by atoms with Crippen LogP contribution in [-0.2, 0) is 34.2 Å². The maximum atomic E-state index is 13.8. The Balaban J connectivity index is 1.61. The van der Waals surface area contributed by atoms with Gasteiger partial charge in [-0.2, -0.15) is 0 Å². The molecule has 0 aromatic heterocycles. The number of benzene rings is 1. The molecule has 1 saturated carbocycles. The van der Waals surface area contributed by atoms with Crippen molar-refractivity contribution in [3.8, 4) is 0 Å². The van der Waals surface area contributed by atoms with Crippen molar-refractivity contribution in [3.63, 3.8) is 0 Å². The summed E-state index contributed by atoms with van der Waals surface area (Å²) < 4.78 is 56.6.